The molecule has 0 radical (unpaired) electrons. The van der Waals surface area contributed by atoms with Gasteiger partial charge in [0.15, 0.2) is 11.0 Å². The van der Waals surface area contributed by atoms with Gasteiger partial charge in [-0.2, -0.15) is 0 Å². The summed E-state index contributed by atoms with van der Waals surface area (Å²) in [5.41, 5.74) is 3.15. The molecule has 30 heavy (non-hydrogen) atoms. The lowest BCUT2D eigenvalue weighted by Gasteiger charge is -2.15. The third-order valence-electron chi connectivity index (χ3n) is 5.21. The van der Waals surface area contributed by atoms with Crippen molar-refractivity contribution in [1.29, 1.82) is 0 Å². The maximum absolute atomic E-state index is 12.7. The number of ether oxygens (including phenoxy) is 1. The number of carbonyl (C=O) groups is 1. The van der Waals surface area contributed by atoms with Crippen LogP contribution in [-0.4, -0.2) is 39.1 Å². The van der Waals surface area contributed by atoms with Crippen molar-refractivity contribution in [2.75, 3.05) is 17.7 Å². The minimum absolute atomic E-state index is 0.0339. The van der Waals surface area contributed by atoms with Crippen molar-refractivity contribution in [3.63, 3.8) is 0 Å². The zero-order chi connectivity index (χ0) is 20.9. The van der Waals surface area contributed by atoms with Gasteiger partial charge in [-0.25, -0.2) is 0 Å². The molecule has 3 heterocycles. The van der Waals surface area contributed by atoms with Crippen LogP contribution in [-0.2, 0) is 22.5 Å². The zero-order valence-electron chi connectivity index (χ0n) is 17.3. The van der Waals surface area contributed by atoms with Crippen LogP contribution in [0.5, 0.6) is 0 Å². The molecule has 8 heteroatoms. The van der Waals surface area contributed by atoms with Crippen LogP contribution < -0.4 is 5.32 Å². The fourth-order valence-electron chi connectivity index (χ4n) is 3.65. The fraction of sp³-hybridized carbons (Fsp3) is 0.409. The van der Waals surface area contributed by atoms with E-state index in [0.717, 1.165) is 58.5 Å². The van der Waals surface area contributed by atoms with Gasteiger partial charge in [0, 0.05) is 12.3 Å². The first kappa shape index (κ1) is 21.1. The molecule has 2 aromatic heterocycles. The van der Waals surface area contributed by atoms with Gasteiger partial charge >= 0.3 is 0 Å². The number of para-hydroxylation sites is 1. The summed E-state index contributed by atoms with van der Waals surface area (Å²) >= 11 is 3.06. The number of rotatable bonds is 8. The van der Waals surface area contributed by atoms with Crippen LogP contribution in [0.25, 0.3) is 10.7 Å². The molecular formula is C22H26N4O2S2. The molecular weight excluding hydrogens is 416 g/mol. The quantitative estimate of drug-likeness (QED) is 0.508. The Morgan fingerprint density at radius 3 is 2.97 bits per heavy atom. The van der Waals surface area contributed by atoms with Crippen LogP contribution in [0.2, 0.25) is 0 Å². The maximum atomic E-state index is 12.7. The van der Waals surface area contributed by atoms with E-state index in [9.17, 15) is 4.79 Å². The number of nitrogens with zero attached hydrogens (tertiary/aromatic N) is 3. The molecule has 0 aliphatic carbocycles. The highest BCUT2D eigenvalue weighted by atomic mass is 32.2. The van der Waals surface area contributed by atoms with Gasteiger partial charge in [0.25, 0.3) is 0 Å². The largest absolute Gasteiger partial charge is 0.376 e. The molecule has 1 aliphatic rings. The normalized spacial score (nSPS) is 16.1. The Hall–Kier alpha value is -2.16. The summed E-state index contributed by atoms with van der Waals surface area (Å²) in [5.74, 6) is 1.09. The molecule has 158 valence electrons. The Morgan fingerprint density at radius 1 is 1.33 bits per heavy atom. The molecule has 0 spiro atoms. The summed E-state index contributed by atoms with van der Waals surface area (Å²) in [6, 6.07) is 10.2. The third kappa shape index (κ3) is 4.77. The van der Waals surface area contributed by atoms with Crippen molar-refractivity contribution in [1.82, 2.24) is 14.8 Å². The standard InChI is InChI=1S/C22H26N4O2S2/c1-3-16-8-4-7-15(2)20(16)23-19(27)14-30-22-25-24-21(18-10-6-12-29-18)26(22)13-17-9-5-11-28-17/h4,6-8,10,12,17H,3,5,9,11,13-14H2,1-2H3,(H,23,27). The SMILES string of the molecule is CCc1cccc(C)c1NC(=O)CSc1nnc(-c2cccs2)n1CC1CCCO1. The molecule has 1 saturated heterocycles. The van der Waals surface area contributed by atoms with Crippen LogP contribution in [0.15, 0.2) is 40.9 Å². The first-order valence-corrected chi connectivity index (χ1v) is 12.1. The summed E-state index contributed by atoms with van der Waals surface area (Å²) in [5, 5.41) is 14.7. The number of thioether (sulfide) groups is 1. The summed E-state index contributed by atoms with van der Waals surface area (Å²) < 4.78 is 7.94. The number of aryl methyl sites for hydroxylation is 2. The van der Waals surface area contributed by atoms with Gasteiger partial charge in [-0.05, 0) is 48.8 Å². The molecule has 1 atom stereocenters. The Kier molecular flexibility index (Phi) is 6.86. The molecule has 0 bridgehead atoms. The average Bonchev–Trinajstić information content (AvgIpc) is 3.50. The van der Waals surface area contributed by atoms with Crippen LogP contribution >= 0.6 is 23.1 Å². The highest BCUT2D eigenvalue weighted by Gasteiger charge is 2.22. The van der Waals surface area contributed by atoms with Crippen molar-refractivity contribution in [2.24, 2.45) is 0 Å². The minimum atomic E-state index is -0.0339. The molecule has 1 amide bonds. The summed E-state index contributed by atoms with van der Waals surface area (Å²) in [6.45, 7) is 5.64. The maximum Gasteiger partial charge on any atom is 0.234 e. The summed E-state index contributed by atoms with van der Waals surface area (Å²) in [7, 11) is 0. The van der Waals surface area contributed by atoms with Crippen LogP contribution in [0.3, 0.4) is 0 Å². The lowest BCUT2D eigenvalue weighted by Crippen LogP contribution is -2.18. The topological polar surface area (TPSA) is 69.0 Å². The molecule has 1 N–H and O–H groups in total. The smallest absolute Gasteiger partial charge is 0.234 e. The molecule has 3 aromatic rings. The number of carbonyl (C=O) groups excluding carboxylic acids is 1. The number of thiophene rings is 1. The predicted octanol–water partition coefficient (Wildman–Crippen LogP) is 4.79. The molecule has 1 aromatic carbocycles. The number of benzene rings is 1. The first-order valence-electron chi connectivity index (χ1n) is 10.3. The second-order valence-corrected chi connectivity index (χ2v) is 9.22. The van der Waals surface area contributed by atoms with Gasteiger partial charge in [0.2, 0.25) is 5.91 Å². The van der Waals surface area contributed by atoms with Crippen molar-refractivity contribution in [3.8, 4) is 10.7 Å². The van der Waals surface area contributed by atoms with E-state index in [1.54, 1.807) is 11.3 Å². The van der Waals surface area contributed by atoms with E-state index in [4.69, 9.17) is 4.74 Å². The molecule has 0 saturated carbocycles. The van der Waals surface area contributed by atoms with E-state index in [1.165, 1.54) is 11.8 Å². The van der Waals surface area contributed by atoms with E-state index >= 15 is 0 Å². The average molecular weight is 443 g/mol. The highest BCUT2D eigenvalue weighted by Crippen LogP contribution is 2.29. The number of nitrogens with one attached hydrogen (secondary N) is 1. The molecule has 6 nitrogen and oxygen atoms in total. The van der Waals surface area contributed by atoms with Gasteiger partial charge in [-0.3, -0.25) is 9.36 Å². The van der Waals surface area contributed by atoms with Gasteiger partial charge in [0.05, 0.1) is 23.3 Å². The molecule has 4 rings (SSSR count). The lowest BCUT2D eigenvalue weighted by atomic mass is 10.1. The van der Waals surface area contributed by atoms with Gasteiger partial charge in [-0.15, -0.1) is 21.5 Å². The Morgan fingerprint density at radius 2 is 2.23 bits per heavy atom. The molecule has 1 unspecified atom stereocenters. The van der Waals surface area contributed by atoms with Gasteiger partial charge in [0.1, 0.15) is 0 Å². The number of anilines is 1. The second-order valence-electron chi connectivity index (χ2n) is 7.33. The second kappa shape index (κ2) is 9.76. The fourth-order valence-corrected chi connectivity index (χ4v) is 5.11. The Balaban J connectivity index is 1.48. The van der Waals surface area contributed by atoms with E-state index in [2.05, 4.69) is 33.1 Å². The number of hydrogen-bond donors (Lipinski definition) is 1. The van der Waals surface area contributed by atoms with Crippen LogP contribution in [0, 0.1) is 6.92 Å². The van der Waals surface area contributed by atoms with Gasteiger partial charge in [-0.1, -0.05) is 43.0 Å². The molecule has 1 fully saturated rings. The van der Waals surface area contributed by atoms with Gasteiger partial charge < -0.3 is 10.1 Å². The number of hydrogen-bond acceptors (Lipinski definition) is 6. The Labute approximate surface area is 185 Å². The van der Waals surface area contributed by atoms with E-state index < -0.39 is 0 Å². The van der Waals surface area contributed by atoms with E-state index in [-0.39, 0.29) is 17.8 Å². The molecule has 1 aliphatic heterocycles. The number of aromatic nitrogens is 3. The van der Waals surface area contributed by atoms with Crippen LogP contribution in [0.1, 0.15) is 30.9 Å². The van der Waals surface area contributed by atoms with Crippen molar-refractivity contribution < 1.29 is 9.53 Å². The lowest BCUT2D eigenvalue weighted by molar-refractivity contribution is -0.113. The predicted molar refractivity (Wildman–Crippen MR) is 122 cm³/mol. The third-order valence-corrected chi connectivity index (χ3v) is 7.04. The first-order chi connectivity index (χ1) is 14.7. The van der Waals surface area contributed by atoms with E-state index in [1.807, 2.05) is 36.6 Å². The highest BCUT2D eigenvalue weighted by molar-refractivity contribution is 7.99. The van der Waals surface area contributed by atoms with Crippen molar-refractivity contribution >= 4 is 34.7 Å². The monoisotopic (exact) mass is 442 g/mol. The Bertz CT molecular complexity index is 995. The zero-order valence-corrected chi connectivity index (χ0v) is 18.9. The van der Waals surface area contributed by atoms with Crippen LogP contribution in [0.4, 0.5) is 5.69 Å². The minimum Gasteiger partial charge on any atom is -0.376 e. The summed E-state index contributed by atoms with van der Waals surface area (Å²) in [4.78, 5) is 13.8. The van der Waals surface area contributed by atoms with Crippen molar-refractivity contribution in [3.05, 3.63) is 46.8 Å². The van der Waals surface area contributed by atoms with Crippen molar-refractivity contribution in [2.45, 2.75) is 50.9 Å². The number of amides is 1. The summed E-state index contributed by atoms with van der Waals surface area (Å²) in [6.07, 6.45) is 3.18. The van der Waals surface area contributed by atoms with E-state index in [0.29, 0.717) is 6.54 Å².